The third kappa shape index (κ3) is 2.28. The molecule has 3 nitrogen and oxygen atoms in total. The van der Waals surface area contributed by atoms with Gasteiger partial charge in [0.15, 0.2) is 5.04 Å². The Balaban J connectivity index is 3.04. The monoisotopic (exact) mass is 211 g/mol. The Morgan fingerprint density at radius 2 is 2.33 bits per heavy atom. The van der Waals surface area contributed by atoms with E-state index in [0.29, 0.717) is 0 Å². The zero-order valence-electron chi connectivity index (χ0n) is 6.29. The van der Waals surface area contributed by atoms with Crippen LogP contribution in [0.2, 0.25) is 0 Å². The molecular formula is C6H7ClFNO2S. The molecule has 0 bridgehead atoms. The van der Waals surface area contributed by atoms with Crippen LogP contribution in [0.3, 0.4) is 0 Å². The van der Waals surface area contributed by atoms with Gasteiger partial charge in [-0.1, -0.05) is 6.92 Å². The largest absolute Gasteiger partial charge is 0.274 e. The van der Waals surface area contributed by atoms with Crippen molar-refractivity contribution in [3.8, 4) is 0 Å². The number of allylic oxidation sites excluding steroid dienone is 1. The summed E-state index contributed by atoms with van der Waals surface area (Å²) in [5, 5.41) is -0.295. The summed E-state index contributed by atoms with van der Waals surface area (Å²) in [7, 11) is 1.14. The molecule has 1 atom stereocenters. The van der Waals surface area contributed by atoms with Crippen LogP contribution >= 0.6 is 10.7 Å². The van der Waals surface area contributed by atoms with E-state index >= 15 is 0 Å². The molecule has 6 heteroatoms. The molecule has 0 saturated heterocycles. The molecule has 68 valence electrons. The molecule has 0 aliphatic carbocycles. The van der Waals surface area contributed by atoms with Crippen molar-refractivity contribution in [1.29, 1.82) is 0 Å². The van der Waals surface area contributed by atoms with Gasteiger partial charge in [0.05, 0.1) is 0 Å². The third-order valence-corrected chi connectivity index (χ3v) is 2.79. The van der Waals surface area contributed by atoms with Crippen LogP contribution in [0.1, 0.15) is 13.3 Å². The molecule has 1 rings (SSSR count). The normalized spacial score (nSPS) is 24.8. The number of hydrogen-bond acceptors (Lipinski definition) is 3. The van der Waals surface area contributed by atoms with Gasteiger partial charge in [0.25, 0.3) is 9.05 Å². The molecule has 0 spiro atoms. The van der Waals surface area contributed by atoms with Crippen molar-refractivity contribution in [3.63, 3.8) is 0 Å². The molecule has 1 aliphatic rings. The summed E-state index contributed by atoms with van der Waals surface area (Å²) in [5.74, 6) is -0.959. The Hall–Kier alpha value is -0.420. The van der Waals surface area contributed by atoms with Gasteiger partial charge in [-0.3, -0.25) is 0 Å². The Kier molecular flexibility index (Phi) is 2.53. The van der Waals surface area contributed by atoms with E-state index in [-0.39, 0.29) is 17.4 Å². The number of halogens is 2. The highest BCUT2D eigenvalue weighted by atomic mass is 35.7. The van der Waals surface area contributed by atoms with Crippen molar-refractivity contribution in [3.05, 3.63) is 12.0 Å². The fourth-order valence-electron chi connectivity index (χ4n) is 0.925. The Bertz CT molecular complexity index is 347. The molecule has 0 aromatic carbocycles. The summed E-state index contributed by atoms with van der Waals surface area (Å²) in [6.45, 7) is 1.69. The fourth-order valence-corrected chi connectivity index (χ4v) is 1.88. The number of rotatable bonds is 0. The number of aliphatic imine (C=N–C) groups is 1. The van der Waals surface area contributed by atoms with E-state index in [2.05, 4.69) is 4.99 Å². The summed E-state index contributed by atoms with van der Waals surface area (Å²) in [6, 6.07) is 0. The lowest BCUT2D eigenvalue weighted by molar-refractivity contribution is 0.584. The van der Waals surface area contributed by atoms with Crippen molar-refractivity contribution in [2.45, 2.75) is 13.3 Å². The van der Waals surface area contributed by atoms with Gasteiger partial charge in [0.1, 0.15) is 0 Å². The summed E-state index contributed by atoms with van der Waals surface area (Å²) in [6.07, 6.45) is 1.42. The van der Waals surface area contributed by atoms with Crippen molar-refractivity contribution >= 4 is 24.8 Å². The molecule has 0 saturated carbocycles. The van der Waals surface area contributed by atoms with Crippen LogP contribution in [0.5, 0.6) is 0 Å². The zero-order chi connectivity index (χ0) is 9.35. The van der Waals surface area contributed by atoms with Gasteiger partial charge in [0.2, 0.25) is 5.95 Å². The first kappa shape index (κ1) is 9.67. The molecule has 1 heterocycles. The van der Waals surface area contributed by atoms with Gasteiger partial charge < -0.3 is 0 Å². The topological polar surface area (TPSA) is 46.5 Å². The second-order valence-electron chi connectivity index (χ2n) is 2.61. The summed E-state index contributed by atoms with van der Waals surface area (Å²) < 4.78 is 34.0. The minimum atomic E-state index is -3.85. The molecule has 0 fully saturated rings. The molecular weight excluding hydrogens is 205 g/mol. The maximum atomic E-state index is 12.6. The number of nitrogens with zero attached hydrogens (tertiary/aromatic N) is 1. The van der Waals surface area contributed by atoms with Gasteiger partial charge in [0, 0.05) is 17.1 Å². The summed E-state index contributed by atoms with van der Waals surface area (Å²) in [4.78, 5) is 3.20. The second-order valence-corrected chi connectivity index (χ2v) is 5.18. The molecule has 0 aromatic heterocycles. The SMILES string of the molecule is CC1C=C(F)N=C(S(=O)(=O)Cl)C1. The fraction of sp³-hybridized carbons (Fsp3) is 0.500. The minimum absolute atomic E-state index is 0.166. The van der Waals surface area contributed by atoms with E-state index in [0.717, 1.165) is 0 Å². The smallest absolute Gasteiger partial charge is 0.211 e. The summed E-state index contributed by atoms with van der Waals surface area (Å²) in [5.41, 5.74) is 0. The highest BCUT2D eigenvalue weighted by Gasteiger charge is 2.22. The van der Waals surface area contributed by atoms with E-state index in [1.165, 1.54) is 6.08 Å². The van der Waals surface area contributed by atoms with Crippen molar-refractivity contribution in [2.75, 3.05) is 0 Å². The average Bonchev–Trinajstić information content (AvgIpc) is 1.82. The van der Waals surface area contributed by atoms with Crippen LogP contribution in [-0.4, -0.2) is 13.5 Å². The lowest BCUT2D eigenvalue weighted by atomic mass is 10.1. The minimum Gasteiger partial charge on any atom is -0.211 e. The predicted octanol–water partition coefficient (Wildman–Crippen LogP) is 1.80. The molecule has 1 aliphatic heterocycles. The highest BCUT2D eigenvalue weighted by molar-refractivity contribution is 8.25. The highest BCUT2D eigenvalue weighted by Crippen LogP contribution is 2.21. The Labute approximate surface area is 74.4 Å². The average molecular weight is 212 g/mol. The van der Waals surface area contributed by atoms with E-state index in [9.17, 15) is 12.8 Å². The van der Waals surface area contributed by atoms with Crippen LogP contribution in [0.4, 0.5) is 4.39 Å². The van der Waals surface area contributed by atoms with Gasteiger partial charge >= 0.3 is 0 Å². The van der Waals surface area contributed by atoms with Crippen molar-refractivity contribution in [1.82, 2.24) is 0 Å². The van der Waals surface area contributed by atoms with Gasteiger partial charge in [-0.05, 0) is 12.0 Å². The van der Waals surface area contributed by atoms with Crippen LogP contribution < -0.4 is 0 Å². The summed E-state index contributed by atoms with van der Waals surface area (Å²) >= 11 is 0. The first-order valence-corrected chi connectivity index (χ1v) is 5.60. The quantitative estimate of drug-likeness (QED) is 0.453. The van der Waals surface area contributed by atoms with Crippen molar-refractivity contribution in [2.24, 2.45) is 10.9 Å². The van der Waals surface area contributed by atoms with Gasteiger partial charge in [-0.25, -0.2) is 13.4 Å². The Morgan fingerprint density at radius 3 is 2.75 bits per heavy atom. The van der Waals surface area contributed by atoms with Crippen LogP contribution in [0.15, 0.2) is 17.0 Å². The first-order valence-electron chi connectivity index (χ1n) is 3.29. The van der Waals surface area contributed by atoms with Gasteiger partial charge in [-0.15, -0.1) is 0 Å². The second kappa shape index (κ2) is 3.14. The molecule has 12 heavy (non-hydrogen) atoms. The van der Waals surface area contributed by atoms with Crippen LogP contribution in [0, 0.1) is 5.92 Å². The lowest BCUT2D eigenvalue weighted by Crippen LogP contribution is -2.15. The van der Waals surface area contributed by atoms with Crippen molar-refractivity contribution < 1.29 is 12.8 Å². The number of hydrogen-bond donors (Lipinski definition) is 0. The molecule has 0 radical (unpaired) electrons. The van der Waals surface area contributed by atoms with Gasteiger partial charge in [-0.2, -0.15) is 4.39 Å². The maximum absolute atomic E-state index is 12.6. The standard InChI is InChI=1S/C6H7ClFNO2S/c1-4-2-5(8)9-6(3-4)12(7,10)11/h2,4H,3H2,1H3. The lowest BCUT2D eigenvalue weighted by Gasteiger charge is -2.10. The predicted molar refractivity (Wildman–Crippen MR) is 45.2 cm³/mol. The van der Waals surface area contributed by atoms with E-state index < -0.39 is 15.0 Å². The zero-order valence-corrected chi connectivity index (χ0v) is 7.86. The maximum Gasteiger partial charge on any atom is 0.274 e. The van der Waals surface area contributed by atoms with Crippen LogP contribution in [-0.2, 0) is 9.05 Å². The van der Waals surface area contributed by atoms with Crippen LogP contribution in [0.25, 0.3) is 0 Å². The van der Waals surface area contributed by atoms with E-state index in [1.54, 1.807) is 6.92 Å². The molecule has 0 N–H and O–H groups in total. The molecule has 1 unspecified atom stereocenters. The molecule has 0 amide bonds. The van der Waals surface area contributed by atoms with E-state index in [1.807, 2.05) is 0 Å². The molecule has 0 aromatic rings. The van der Waals surface area contributed by atoms with E-state index in [4.69, 9.17) is 10.7 Å². The third-order valence-electron chi connectivity index (χ3n) is 1.43. The first-order chi connectivity index (χ1) is 5.39. The Morgan fingerprint density at radius 1 is 1.75 bits per heavy atom.